The Kier molecular flexibility index (Phi) is 7.62. The average molecular weight is 483 g/mol. The van der Waals surface area contributed by atoms with E-state index in [0.717, 1.165) is 12.0 Å². The van der Waals surface area contributed by atoms with Crippen LogP contribution in [0.2, 0.25) is 0 Å². The van der Waals surface area contributed by atoms with Gasteiger partial charge in [0.05, 0.1) is 25.6 Å². The van der Waals surface area contributed by atoms with Crippen LogP contribution in [-0.4, -0.2) is 104 Å². The number of ether oxygens (including phenoxy) is 1. The molecule has 3 saturated heterocycles. The number of hydrogen-bond donors (Lipinski definition) is 0. The summed E-state index contributed by atoms with van der Waals surface area (Å²) in [4.78, 5) is 29.3. The zero-order valence-corrected chi connectivity index (χ0v) is 19.5. The minimum absolute atomic E-state index is 0.0160. The van der Waals surface area contributed by atoms with Gasteiger partial charge in [-0.2, -0.15) is 17.0 Å². The molecule has 2 amide bonds. The number of nitrogens with zero attached hydrogens (tertiary/aromatic N) is 4. The lowest BCUT2D eigenvalue weighted by molar-refractivity contribution is -0.141. The minimum atomic E-state index is -3.54. The van der Waals surface area contributed by atoms with Gasteiger partial charge in [0.2, 0.25) is 11.8 Å². The Hall–Kier alpha value is -2.08. The predicted molar refractivity (Wildman–Crippen MR) is 119 cm³/mol. The summed E-state index contributed by atoms with van der Waals surface area (Å²) >= 11 is 0. The molecule has 3 heterocycles. The first-order valence-electron chi connectivity index (χ1n) is 11.5. The summed E-state index contributed by atoms with van der Waals surface area (Å²) in [6.07, 6.45) is 1.64. The Balaban J connectivity index is 1.29. The van der Waals surface area contributed by atoms with Crippen LogP contribution in [0.3, 0.4) is 0 Å². The van der Waals surface area contributed by atoms with Crippen LogP contribution in [-0.2, 0) is 31.0 Å². The Morgan fingerprint density at radius 1 is 0.909 bits per heavy atom. The van der Waals surface area contributed by atoms with E-state index < -0.39 is 10.2 Å². The molecule has 3 fully saturated rings. The van der Waals surface area contributed by atoms with E-state index in [2.05, 4.69) is 0 Å². The van der Waals surface area contributed by atoms with Gasteiger partial charge >= 0.3 is 0 Å². The number of piperazine rings is 1. The van der Waals surface area contributed by atoms with Crippen LogP contribution < -0.4 is 0 Å². The van der Waals surface area contributed by atoms with E-state index in [9.17, 15) is 22.4 Å². The topological polar surface area (TPSA) is 90.5 Å². The van der Waals surface area contributed by atoms with E-state index in [0.29, 0.717) is 58.9 Å². The summed E-state index contributed by atoms with van der Waals surface area (Å²) in [7, 11) is -3.54. The molecule has 0 radical (unpaired) electrons. The van der Waals surface area contributed by atoms with Crippen LogP contribution in [0.25, 0.3) is 0 Å². The molecule has 3 aliphatic heterocycles. The molecule has 182 valence electrons. The summed E-state index contributed by atoms with van der Waals surface area (Å²) in [5.41, 5.74) is 0.743. The summed E-state index contributed by atoms with van der Waals surface area (Å²) in [6, 6.07) is 5.88. The molecule has 1 atom stereocenters. The lowest BCUT2D eigenvalue weighted by Gasteiger charge is -2.40. The van der Waals surface area contributed by atoms with Gasteiger partial charge in [0.25, 0.3) is 10.2 Å². The van der Waals surface area contributed by atoms with E-state index in [1.54, 1.807) is 21.9 Å². The van der Waals surface area contributed by atoms with Crippen molar-refractivity contribution in [1.29, 1.82) is 0 Å². The van der Waals surface area contributed by atoms with E-state index in [1.165, 1.54) is 20.7 Å². The van der Waals surface area contributed by atoms with Crippen LogP contribution in [0, 0.1) is 11.7 Å². The largest absolute Gasteiger partial charge is 0.379 e. The molecule has 1 aromatic carbocycles. The van der Waals surface area contributed by atoms with Crippen LogP contribution in [0.15, 0.2) is 24.3 Å². The van der Waals surface area contributed by atoms with Gasteiger partial charge < -0.3 is 14.5 Å². The Labute approximate surface area is 194 Å². The van der Waals surface area contributed by atoms with Crippen molar-refractivity contribution in [1.82, 2.24) is 18.4 Å². The van der Waals surface area contributed by atoms with Crippen molar-refractivity contribution in [3.05, 3.63) is 35.6 Å². The van der Waals surface area contributed by atoms with Crippen molar-refractivity contribution in [2.45, 2.75) is 19.3 Å². The molecule has 9 nitrogen and oxygen atoms in total. The second kappa shape index (κ2) is 10.5. The van der Waals surface area contributed by atoms with Gasteiger partial charge in [0.15, 0.2) is 0 Å². The third kappa shape index (κ3) is 5.71. The second-order valence-corrected chi connectivity index (χ2v) is 10.7. The van der Waals surface area contributed by atoms with Crippen molar-refractivity contribution >= 4 is 22.0 Å². The van der Waals surface area contributed by atoms with Crippen LogP contribution in [0.5, 0.6) is 0 Å². The minimum Gasteiger partial charge on any atom is -0.379 e. The van der Waals surface area contributed by atoms with Gasteiger partial charge in [-0.15, -0.1) is 0 Å². The zero-order chi connectivity index (χ0) is 23.4. The monoisotopic (exact) mass is 482 g/mol. The number of rotatable bonds is 5. The number of amides is 2. The molecule has 11 heteroatoms. The van der Waals surface area contributed by atoms with Crippen molar-refractivity contribution in [3.8, 4) is 0 Å². The van der Waals surface area contributed by atoms with Gasteiger partial charge in [0.1, 0.15) is 5.82 Å². The van der Waals surface area contributed by atoms with E-state index >= 15 is 0 Å². The van der Waals surface area contributed by atoms with Crippen LogP contribution in [0.4, 0.5) is 4.39 Å². The van der Waals surface area contributed by atoms with Crippen molar-refractivity contribution in [2.24, 2.45) is 5.92 Å². The highest BCUT2D eigenvalue weighted by atomic mass is 32.2. The van der Waals surface area contributed by atoms with Gasteiger partial charge in [-0.05, 0) is 30.5 Å². The third-order valence-corrected chi connectivity index (χ3v) is 8.60. The molecule has 3 aliphatic rings. The Morgan fingerprint density at radius 3 is 2.21 bits per heavy atom. The Bertz CT molecular complexity index is 944. The SMILES string of the molecule is O=C(Cc1ccc(F)cc1)N1CCCC(C(=O)N2CCN(S(=O)(=O)N3CCOCC3)CC2)C1. The summed E-state index contributed by atoms with van der Waals surface area (Å²) in [6.45, 7) is 3.71. The molecule has 0 aliphatic carbocycles. The van der Waals surface area contributed by atoms with E-state index in [-0.39, 0.29) is 43.1 Å². The number of carbonyl (C=O) groups is 2. The average Bonchev–Trinajstić information content (AvgIpc) is 2.85. The molecule has 0 bridgehead atoms. The summed E-state index contributed by atoms with van der Waals surface area (Å²) < 4.78 is 46.9. The molecule has 0 spiro atoms. The maximum Gasteiger partial charge on any atom is 0.282 e. The van der Waals surface area contributed by atoms with Gasteiger partial charge in [-0.1, -0.05) is 12.1 Å². The number of morpholine rings is 1. The third-order valence-electron chi connectivity index (χ3n) is 6.56. The first-order valence-corrected chi connectivity index (χ1v) is 12.9. The Morgan fingerprint density at radius 2 is 1.55 bits per heavy atom. The summed E-state index contributed by atoms with van der Waals surface area (Å²) in [5.74, 6) is -0.704. The van der Waals surface area contributed by atoms with E-state index in [4.69, 9.17) is 4.74 Å². The number of carbonyl (C=O) groups excluding carboxylic acids is 2. The number of halogens is 1. The standard InChI is InChI=1S/C22H31FN4O5S/c23-20-5-3-18(4-6-20)16-21(28)25-7-1-2-19(17-25)22(29)24-8-10-26(11-9-24)33(30,31)27-12-14-32-15-13-27/h3-6,19H,1-2,7-17H2. The highest BCUT2D eigenvalue weighted by molar-refractivity contribution is 7.86. The summed E-state index contributed by atoms with van der Waals surface area (Å²) in [5, 5.41) is 0. The van der Waals surface area contributed by atoms with Crippen LogP contribution >= 0.6 is 0 Å². The first-order chi connectivity index (χ1) is 15.8. The number of benzene rings is 1. The molecule has 1 aromatic rings. The maximum absolute atomic E-state index is 13.1. The fourth-order valence-corrected chi connectivity index (χ4v) is 6.19. The molecule has 33 heavy (non-hydrogen) atoms. The highest BCUT2D eigenvalue weighted by Gasteiger charge is 2.37. The second-order valence-electron chi connectivity index (χ2n) is 8.73. The smallest absolute Gasteiger partial charge is 0.282 e. The lowest BCUT2D eigenvalue weighted by Crippen LogP contribution is -2.57. The quantitative estimate of drug-likeness (QED) is 0.603. The predicted octanol–water partition coefficient (Wildman–Crippen LogP) is 0.328. The lowest BCUT2D eigenvalue weighted by atomic mass is 9.95. The number of hydrogen-bond acceptors (Lipinski definition) is 5. The molecule has 4 rings (SSSR count). The number of likely N-dealkylation sites (tertiary alicyclic amines) is 1. The molecular formula is C22H31FN4O5S. The normalized spacial score (nSPS) is 23.5. The van der Waals surface area contributed by atoms with Crippen molar-refractivity contribution in [3.63, 3.8) is 0 Å². The van der Waals surface area contributed by atoms with Gasteiger partial charge in [-0.25, -0.2) is 4.39 Å². The molecule has 0 saturated carbocycles. The van der Waals surface area contributed by atoms with Crippen molar-refractivity contribution in [2.75, 3.05) is 65.6 Å². The van der Waals surface area contributed by atoms with Crippen molar-refractivity contribution < 1.29 is 27.1 Å². The fraction of sp³-hybridized carbons (Fsp3) is 0.636. The zero-order valence-electron chi connectivity index (χ0n) is 18.7. The molecule has 1 unspecified atom stereocenters. The maximum atomic E-state index is 13.1. The fourth-order valence-electron chi connectivity index (χ4n) is 4.63. The molecular weight excluding hydrogens is 451 g/mol. The van der Waals surface area contributed by atoms with E-state index in [1.807, 2.05) is 0 Å². The highest BCUT2D eigenvalue weighted by Crippen LogP contribution is 2.22. The van der Waals surface area contributed by atoms with Crippen LogP contribution in [0.1, 0.15) is 18.4 Å². The van der Waals surface area contributed by atoms with Gasteiger partial charge in [-0.3, -0.25) is 9.59 Å². The molecule has 0 aromatic heterocycles. The first kappa shape index (κ1) is 24.1. The molecule has 0 N–H and O–H groups in total. The van der Waals surface area contributed by atoms with Gasteiger partial charge in [0, 0.05) is 52.4 Å². The number of piperidine rings is 1.